The van der Waals surface area contributed by atoms with Gasteiger partial charge in [-0.15, -0.1) is 0 Å². The van der Waals surface area contributed by atoms with Gasteiger partial charge in [0, 0.05) is 17.3 Å². The Bertz CT molecular complexity index is 695. The largest absolute Gasteiger partial charge is 0.361 e. The lowest BCUT2D eigenvalue weighted by atomic mass is 10.1. The molecule has 0 radical (unpaired) electrons. The van der Waals surface area contributed by atoms with Crippen LogP contribution < -0.4 is 10.6 Å². The number of hydrogen-bond donors (Lipinski definition) is 2. The van der Waals surface area contributed by atoms with E-state index in [1.165, 1.54) is 11.1 Å². The van der Waals surface area contributed by atoms with Crippen molar-refractivity contribution in [3.63, 3.8) is 0 Å². The van der Waals surface area contributed by atoms with Crippen LogP contribution in [0.15, 0.2) is 42.5 Å². The highest BCUT2D eigenvalue weighted by Crippen LogP contribution is 2.25. The molecule has 0 heterocycles. The Kier molecular flexibility index (Phi) is 6.60. The fraction of sp³-hybridized carbons (Fsp3) is 0.316. The molecule has 0 spiro atoms. The Hall–Kier alpha value is -1.62. The zero-order valence-corrected chi connectivity index (χ0v) is 16.1. The minimum atomic E-state index is 0.137. The van der Waals surface area contributed by atoms with Crippen LogP contribution in [0.1, 0.15) is 22.7 Å². The summed E-state index contributed by atoms with van der Waals surface area (Å²) in [6.07, 6.45) is 0. The molecule has 0 unspecified atom stereocenters. The molecule has 2 rings (SSSR count). The van der Waals surface area contributed by atoms with Gasteiger partial charge in [-0.2, -0.15) is 0 Å². The van der Waals surface area contributed by atoms with Crippen LogP contribution in [0.2, 0.25) is 5.02 Å². The third-order valence-electron chi connectivity index (χ3n) is 3.82. The van der Waals surface area contributed by atoms with Crippen LogP contribution in [0.4, 0.5) is 5.69 Å². The molecule has 2 aromatic rings. The number of halogens is 1. The highest BCUT2D eigenvalue weighted by molar-refractivity contribution is 7.80. The maximum absolute atomic E-state index is 6.34. The quantitative estimate of drug-likeness (QED) is 0.764. The lowest BCUT2D eigenvalue weighted by molar-refractivity contribution is 0.299. The average Bonchev–Trinajstić information content (AvgIpc) is 2.47. The van der Waals surface area contributed by atoms with Gasteiger partial charge in [0.05, 0.1) is 6.04 Å². The summed E-state index contributed by atoms with van der Waals surface area (Å²) < 4.78 is 0. The molecule has 1 atom stereocenters. The van der Waals surface area contributed by atoms with Crippen LogP contribution in [-0.2, 0) is 0 Å². The van der Waals surface area contributed by atoms with Crippen molar-refractivity contribution in [1.82, 2.24) is 10.2 Å². The van der Waals surface area contributed by atoms with Gasteiger partial charge in [-0.25, -0.2) is 0 Å². The smallest absolute Gasteiger partial charge is 0.170 e. The van der Waals surface area contributed by atoms with E-state index in [-0.39, 0.29) is 6.04 Å². The summed E-state index contributed by atoms with van der Waals surface area (Å²) in [5.41, 5.74) is 4.51. The third kappa shape index (κ3) is 5.20. The predicted molar refractivity (Wildman–Crippen MR) is 108 cm³/mol. The Morgan fingerprint density at radius 3 is 2.33 bits per heavy atom. The van der Waals surface area contributed by atoms with Crippen molar-refractivity contribution in [2.75, 3.05) is 26.0 Å². The molecule has 0 fully saturated rings. The SMILES string of the molecule is Cc1cc(C)cc(NC(=S)NC[C@@H](c2ccccc2Cl)N(C)C)c1. The first-order valence-electron chi connectivity index (χ1n) is 7.91. The molecule has 0 amide bonds. The minimum absolute atomic E-state index is 0.137. The molecule has 5 heteroatoms. The third-order valence-corrected chi connectivity index (χ3v) is 4.41. The van der Waals surface area contributed by atoms with Crippen molar-refractivity contribution in [3.05, 3.63) is 64.2 Å². The van der Waals surface area contributed by atoms with Gasteiger partial charge in [0.2, 0.25) is 0 Å². The van der Waals surface area contributed by atoms with Gasteiger partial charge in [0.1, 0.15) is 0 Å². The van der Waals surface area contributed by atoms with E-state index in [0.29, 0.717) is 11.7 Å². The monoisotopic (exact) mass is 361 g/mol. The maximum Gasteiger partial charge on any atom is 0.170 e. The van der Waals surface area contributed by atoms with E-state index in [2.05, 4.69) is 53.6 Å². The number of nitrogens with one attached hydrogen (secondary N) is 2. The molecule has 0 aliphatic rings. The second-order valence-corrected chi connectivity index (χ2v) is 7.03. The highest BCUT2D eigenvalue weighted by Gasteiger charge is 2.17. The van der Waals surface area contributed by atoms with Crippen molar-refractivity contribution in [2.45, 2.75) is 19.9 Å². The van der Waals surface area contributed by atoms with Crippen LogP contribution in [0.3, 0.4) is 0 Å². The topological polar surface area (TPSA) is 27.3 Å². The Labute approximate surface area is 155 Å². The van der Waals surface area contributed by atoms with E-state index in [0.717, 1.165) is 16.3 Å². The normalized spacial score (nSPS) is 12.1. The van der Waals surface area contributed by atoms with Gasteiger partial charge in [-0.1, -0.05) is 35.9 Å². The van der Waals surface area contributed by atoms with Crippen molar-refractivity contribution >= 4 is 34.6 Å². The summed E-state index contributed by atoms with van der Waals surface area (Å²) in [5, 5.41) is 7.93. The molecule has 0 saturated heterocycles. The van der Waals surface area contributed by atoms with Gasteiger partial charge < -0.3 is 15.5 Å². The molecule has 128 valence electrons. The van der Waals surface area contributed by atoms with Gasteiger partial charge in [-0.3, -0.25) is 0 Å². The van der Waals surface area contributed by atoms with Gasteiger partial charge in [0.15, 0.2) is 5.11 Å². The van der Waals surface area contributed by atoms with E-state index >= 15 is 0 Å². The second-order valence-electron chi connectivity index (χ2n) is 6.21. The molecule has 0 aromatic heterocycles. The molecule has 24 heavy (non-hydrogen) atoms. The highest BCUT2D eigenvalue weighted by atomic mass is 35.5. The lowest BCUT2D eigenvalue weighted by Crippen LogP contribution is -2.36. The molecular weight excluding hydrogens is 338 g/mol. The summed E-state index contributed by atoms with van der Waals surface area (Å²) in [5.74, 6) is 0. The minimum Gasteiger partial charge on any atom is -0.361 e. The van der Waals surface area contributed by atoms with E-state index in [4.69, 9.17) is 23.8 Å². The van der Waals surface area contributed by atoms with E-state index in [1.807, 2.05) is 32.3 Å². The Morgan fingerprint density at radius 2 is 1.75 bits per heavy atom. The molecule has 0 bridgehead atoms. The number of rotatable bonds is 5. The van der Waals surface area contributed by atoms with E-state index in [1.54, 1.807) is 0 Å². The van der Waals surface area contributed by atoms with E-state index in [9.17, 15) is 0 Å². The standard InChI is InChI=1S/C19H24ClN3S/c1-13-9-14(2)11-15(10-13)22-19(24)21-12-18(23(3)4)16-7-5-6-8-17(16)20/h5-11,18H,12H2,1-4H3,(H2,21,22,24)/t18-/m0/s1. The Morgan fingerprint density at radius 1 is 1.12 bits per heavy atom. The number of anilines is 1. The van der Waals surface area contributed by atoms with Gasteiger partial charge in [-0.05, 0) is 75.1 Å². The van der Waals surface area contributed by atoms with Crippen LogP contribution in [-0.4, -0.2) is 30.7 Å². The summed E-state index contributed by atoms with van der Waals surface area (Å²) in [6.45, 7) is 4.83. The molecule has 2 N–H and O–H groups in total. The van der Waals surface area contributed by atoms with Crippen molar-refractivity contribution in [1.29, 1.82) is 0 Å². The number of likely N-dealkylation sites (N-methyl/N-ethyl adjacent to an activating group) is 1. The summed E-state index contributed by atoms with van der Waals surface area (Å²) >= 11 is 11.8. The average molecular weight is 362 g/mol. The van der Waals surface area contributed by atoms with Crippen LogP contribution in [0.25, 0.3) is 0 Å². The predicted octanol–water partition coefficient (Wildman–Crippen LogP) is 4.55. The fourth-order valence-corrected chi connectivity index (χ4v) is 3.19. The van der Waals surface area contributed by atoms with Crippen LogP contribution in [0.5, 0.6) is 0 Å². The maximum atomic E-state index is 6.34. The molecule has 3 nitrogen and oxygen atoms in total. The number of aryl methyl sites for hydroxylation is 2. The van der Waals surface area contributed by atoms with Gasteiger partial charge >= 0.3 is 0 Å². The van der Waals surface area contributed by atoms with Crippen molar-refractivity contribution < 1.29 is 0 Å². The molecule has 0 saturated carbocycles. The number of benzene rings is 2. The Balaban J connectivity index is 2.01. The molecule has 2 aromatic carbocycles. The lowest BCUT2D eigenvalue weighted by Gasteiger charge is -2.26. The van der Waals surface area contributed by atoms with Crippen molar-refractivity contribution in [2.24, 2.45) is 0 Å². The van der Waals surface area contributed by atoms with Crippen LogP contribution >= 0.6 is 23.8 Å². The van der Waals surface area contributed by atoms with Crippen molar-refractivity contribution in [3.8, 4) is 0 Å². The molecular formula is C19H24ClN3S. The molecule has 0 aliphatic carbocycles. The zero-order valence-electron chi connectivity index (χ0n) is 14.6. The first-order chi connectivity index (χ1) is 11.4. The first kappa shape index (κ1) is 18.7. The summed E-state index contributed by atoms with van der Waals surface area (Å²) in [4.78, 5) is 2.13. The molecule has 0 aliphatic heterocycles. The number of nitrogens with zero attached hydrogens (tertiary/aromatic N) is 1. The van der Waals surface area contributed by atoms with Crippen LogP contribution in [0, 0.1) is 13.8 Å². The second kappa shape index (κ2) is 8.47. The first-order valence-corrected chi connectivity index (χ1v) is 8.69. The van der Waals surface area contributed by atoms with Gasteiger partial charge in [0.25, 0.3) is 0 Å². The number of hydrogen-bond acceptors (Lipinski definition) is 2. The zero-order chi connectivity index (χ0) is 17.7. The summed E-state index contributed by atoms with van der Waals surface area (Å²) in [7, 11) is 4.08. The number of thiocarbonyl (C=S) groups is 1. The summed E-state index contributed by atoms with van der Waals surface area (Å²) in [6, 6.07) is 14.4. The fourth-order valence-electron chi connectivity index (χ4n) is 2.73. The van der Waals surface area contributed by atoms with E-state index < -0.39 is 0 Å².